The third kappa shape index (κ3) is 5.32. The van der Waals surface area contributed by atoms with Crippen molar-refractivity contribution in [3.05, 3.63) is 54.0 Å². The van der Waals surface area contributed by atoms with E-state index in [1.54, 1.807) is 6.92 Å². The molecular weight excluding hydrogens is 519 g/mol. The van der Waals surface area contributed by atoms with Crippen LogP contribution in [0.1, 0.15) is 50.3 Å². The molecule has 0 radical (unpaired) electrons. The molecule has 41 heavy (non-hydrogen) atoms. The highest BCUT2D eigenvalue weighted by atomic mass is 19.1. The molecule has 3 atom stereocenters. The Labute approximate surface area is 239 Å². The molecule has 2 saturated carbocycles. The number of aryl methyl sites for hydroxylation is 1. The summed E-state index contributed by atoms with van der Waals surface area (Å²) >= 11 is 0. The number of halogens is 1. The van der Waals surface area contributed by atoms with Gasteiger partial charge in [-0.2, -0.15) is 5.10 Å². The van der Waals surface area contributed by atoms with Crippen molar-refractivity contribution in [1.29, 1.82) is 0 Å². The predicted octanol–water partition coefficient (Wildman–Crippen LogP) is 5.24. The SMILES string of the molecule is Cc1cc2[nH]c(Nc3cc(C(C)N4CCN(C(=O)C5CC5)CC4)ccn3)nc2cc1-c1cnn(CC2CC2(C)F)c1. The summed E-state index contributed by atoms with van der Waals surface area (Å²) in [6.45, 7) is 9.92. The van der Waals surface area contributed by atoms with E-state index < -0.39 is 5.67 Å². The fraction of sp³-hybridized carbons (Fsp3) is 0.484. The quantitative estimate of drug-likeness (QED) is 0.308. The van der Waals surface area contributed by atoms with Gasteiger partial charge in [0.25, 0.3) is 0 Å². The molecule has 3 aromatic heterocycles. The van der Waals surface area contributed by atoms with Crippen molar-refractivity contribution < 1.29 is 9.18 Å². The second kappa shape index (κ2) is 9.94. The number of pyridine rings is 1. The van der Waals surface area contributed by atoms with Gasteiger partial charge in [-0.25, -0.2) is 14.4 Å². The number of imidazole rings is 1. The van der Waals surface area contributed by atoms with Gasteiger partial charge in [0.2, 0.25) is 11.9 Å². The summed E-state index contributed by atoms with van der Waals surface area (Å²) in [4.78, 5) is 29.6. The maximum atomic E-state index is 14.0. The van der Waals surface area contributed by atoms with Crippen LogP contribution in [0.5, 0.6) is 0 Å². The average Bonchev–Trinajstić information content (AvgIpc) is 3.80. The van der Waals surface area contributed by atoms with Crippen LogP contribution >= 0.6 is 0 Å². The molecule has 2 aliphatic carbocycles. The molecule has 9 nitrogen and oxygen atoms in total. The number of aromatic amines is 1. The van der Waals surface area contributed by atoms with E-state index in [2.05, 4.69) is 63.4 Å². The highest BCUT2D eigenvalue weighted by Crippen LogP contribution is 2.47. The van der Waals surface area contributed by atoms with E-state index in [0.29, 0.717) is 24.8 Å². The number of nitrogens with zero attached hydrogens (tertiary/aromatic N) is 6. The van der Waals surface area contributed by atoms with Gasteiger partial charge < -0.3 is 15.2 Å². The summed E-state index contributed by atoms with van der Waals surface area (Å²) in [6.07, 6.45) is 8.39. The third-order valence-corrected chi connectivity index (χ3v) is 9.13. The van der Waals surface area contributed by atoms with Crippen LogP contribution in [0.4, 0.5) is 16.2 Å². The van der Waals surface area contributed by atoms with Gasteiger partial charge in [-0.3, -0.25) is 14.4 Å². The molecule has 1 amide bonds. The lowest BCUT2D eigenvalue weighted by molar-refractivity contribution is -0.134. The first kappa shape index (κ1) is 26.1. The Balaban J connectivity index is 1.03. The number of piperazine rings is 1. The summed E-state index contributed by atoms with van der Waals surface area (Å²) in [5, 5.41) is 7.83. The number of hydrogen-bond donors (Lipinski definition) is 2. The molecule has 4 aromatic rings. The fourth-order valence-electron chi connectivity index (χ4n) is 6.07. The lowest BCUT2D eigenvalue weighted by Crippen LogP contribution is -2.49. The number of carbonyl (C=O) groups is 1. The van der Waals surface area contributed by atoms with Crippen LogP contribution in [-0.2, 0) is 11.3 Å². The predicted molar refractivity (Wildman–Crippen MR) is 156 cm³/mol. The minimum atomic E-state index is -1.06. The molecule has 3 unspecified atom stereocenters. The van der Waals surface area contributed by atoms with Gasteiger partial charge in [0, 0.05) is 68.6 Å². The first-order chi connectivity index (χ1) is 19.7. The number of rotatable bonds is 8. The van der Waals surface area contributed by atoms with Gasteiger partial charge in [-0.15, -0.1) is 0 Å². The topological polar surface area (TPSA) is 95.0 Å². The van der Waals surface area contributed by atoms with E-state index in [1.165, 1.54) is 5.56 Å². The third-order valence-electron chi connectivity index (χ3n) is 9.13. The fourth-order valence-corrected chi connectivity index (χ4v) is 6.07. The molecule has 1 aliphatic heterocycles. The number of nitrogens with one attached hydrogen (secondary N) is 2. The van der Waals surface area contributed by atoms with Crippen LogP contribution in [0, 0.1) is 18.8 Å². The molecule has 1 saturated heterocycles. The first-order valence-electron chi connectivity index (χ1n) is 14.7. The number of benzene rings is 1. The minimum Gasteiger partial charge on any atom is -0.340 e. The van der Waals surface area contributed by atoms with E-state index in [4.69, 9.17) is 4.98 Å². The Morgan fingerprint density at radius 2 is 2.00 bits per heavy atom. The van der Waals surface area contributed by atoms with Gasteiger partial charge in [-0.05, 0) is 81.0 Å². The van der Waals surface area contributed by atoms with E-state index >= 15 is 0 Å². The molecule has 4 heterocycles. The van der Waals surface area contributed by atoms with Crippen molar-refractivity contribution in [2.45, 2.75) is 58.3 Å². The van der Waals surface area contributed by atoms with Crippen LogP contribution in [0.2, 0.25) is 0 Å². The Morgan fingerprint density at radius 3 is 2.73 bits per heavy atom. The number of carbonyl (C=O) groups excluding carboxylic acids is 1. The van der Waals surface area contributed by atoms with Crippen molar-refractivity contribution in [3.8, 4) is 11.1 Å². The summed E-state index contributed by atoms with van der Waals surface area (Å²) in [5.41, 5.74) is 5.09. The lowest BCUT2D eigenvalue weighted by Gasteiger charge is -2.38. The standard InChI is InChI=1S/C31H37FN8O/c1-19-12-26-27(14-25(19)23-16-34-40(17-23)18-24-15-31(24,3)32)36-30(35-26)37-28-13-22(6-7-33-28)20(2)38-8-10-39(11-9-38)29(41)21-4-5-21/h6-7,12-14,16-17,20-21,24H,4-5,8-11,15,18H2,1-3H3,(H2,33,35,36,37). The van der Waals surface area contributed by atoms with Crippen LogP contribution in [0.25, 0.3) is 22.2 Å². The van der Waals surface area contributed by atoms with Crippen LogP contribution < -0.4 is 5.32 Å². The molecule has 7 rings (SSSR count). The van der Waals surface area contributed by atoms with E-state index in [-0.39, 0.29) is 17.9 Å². The normalized spacial score (nSPS) is 23.6. The minimum absolute atomic E-state index is 0.0433. The zero-order chi connectivity index (χ0) is 28.3. The molecule has 2 N–H and O–H groups in total. The molecule has 214 valence electrons. The molecular formula is C31H37FN8O. The lowest BCUT2D eigenvalue weighted by atomic mass is 10.0. The largest absolute Gasteiger partial charge is 0.340 e. The molecule has 0 spiro atoms. The Morgan fingerprint density at radius 1 is 1.22 bits per heavy atom. The van der Waals surface area contributed by atoms with Gasteiger partial charge in [0.1, 0.15) is 11.5 Å². The average molecular weight is 557 g/mol. The van der Waals surface area contributed by atoms with Gasteiger partial charge in [0.05, 0.1) is 17.2 Å². The number of aromatic nitrogens is 5. The Bertz CT molecular complexity index is 1600. The van der Waals surface area contributed by atoms with E-state index in [1.807, 2.05) is 28.2 Å². The first-order valence-corrected chi connectivity index (χ1v) is 14.7. The number of H-pyrrole nitrogens is 1. The molecule has 10 heteroatoms. The highest BCUT2D eigenvalue weighted by molar-refractivity contribution is 5.85. The van der Waals surface area contributed by atoms with Gasteiger partial charge >= 0.3 is 0 Å². The zero-order valence-electron chi connectivity index (χ0n) is 23.9. The number of hydrogen-bond acceptors (Lipinski definition) is 6. The summed E-state index contributed by atoms with van der Waals surface area (Å²) < 4.78 is 15.9. The Kier molecular flexibility index (Phi) is 6.33. The maximum Gasteiger partial charge on any atom is 0.225 e. The number of anilines is 2. The van der Waals surface area contributed by atoms with Crippen molar-refractivity contribution in [2.75, 3.05) is 31.5 Å². The van der Waals surface area contributed by atoms with Crippen LogP contribution in [-0.4, -0.2) is 72.3 Å². The smallest absolute Gasteiger partial charge is 0.225 e. The summed E-state index contributed by atoms with van der Waals surface area (Å²) in [5.74, 6) is 2.03. The number of amides is 1. The number of fused-ring (bicyclic) bond motifs is 1. The molecule has 3 fully saturated rings. The van der Waals surface area contributed by atoms with Crippen molar-refractivity contribution in [1.82, 2.24) is 34.5 Å². The second-order valence-electron chi connectivity index (χ2n) is 12.3. The maximum absolute atomic E-state index is 14.0. The van der Waals surface area contributed by atoms with Crippen LogP contribution in [0.15, 0.2) is 42.9 Å². The summed E-state index contributed by atoms with van der Waals surface area (Å²) in [7, 11) is 0. The monoisotopic (exact) mass is 556 g/mol. The van der Waals surface area contributed by atoms with Crippen molar-refractivity contribution in [3.63, 3.8) is 0 Å². The second-order valence-corrected chi connectivity index (χ2v) is 12.3. The highest BCUT2D eigenvalue weighted by Gasteiger charge is 2.51. The van der Waals surface area contributed by atoms with Crippen molar-refractivity contribution in [2.24, 2.45) is 11.8 Å². The summed E-state index contributed by atoms with van der Waals surface area (Å²) in [6, 6.07) is 8.52. The Hall–Kier alpha value is -3.79. The molecule has 0 bridgehead atoms. The molecule has 1 aromatic carbocycles. The van der Waals surface area contributed by atoms with Crippen molar-refractivity contribution >= 4 is 28.7 Å². The van der Waals surface area contributed by atoms with E-state index in [0.717, 1.165) is 72.6 Å². The zero-order valence-corrected chi connectivity index (χ0v) is 23.9. The van der Waals surface area contributed by atoms with Gasteiger partial charge in [-0.1, -0.05) is 0 Å². The molecule has 3 aliphatic rings. The van der Waals surface area contributed by atoms with Gasteiger partial charge in [0.15, 0.2) is 0 Å². The van der Waals surface area contributed by atoms with E-state index in [9.17, 15) is 9.18 Å². The number of alkyl halides is 1. The van der Waals surface area contributed by atoms with Crippen LogP contribution in [0.3, 0.4) is 0 Å².